The Labute approximate surface area is 157 Å². The molecule has 8 heteroatoms. The first-order valence-electron chi connectivity index (χ1n) is 8.65. The van der Waals surface area contributed by atoms with Crippen molar-refractivity contribution in [3.63, 3.8) is 0 Å². The van der Waals surface area contributed by atoms with Gasteiger partial charge in [-0.1, -0.05) is 23.7 Å². The summed E-state index contributed by atoms with van der Waals surface area (Å²) >= 11 is 5.92. The number of carboxylic acid groups (broad SMARTS) is 1. The van der Waals surface area contributed by atoms with Crippen LogP contribution in [-0.4, -0.2) is 48.1 Å². The van der Waals surface area contributed by atoms with Crippen LogP contribution in [0.4, 0.5) is 0 Å². The first kappa shape index (κ1) is 20.2. The average molecular weight is 382 g/mol. The van der Waals surface area contributed by atoms with Crippen molar-refractivity contribution in [3.05, 3.63) is 34.9 Å². The minimum absolute atomic E-state index is 0.0671. The van der Waals surface area contributed by atoms with Gasteiger partial charge in [0.25, 0.3) is 0 Å². The van der Waals surface area contributed by atoms with Crippen molar-refractivity contribution in [2.24, 2.45) is 0 Å². The molecule has 0 aromatic heterocycles. The molecule has 142 valence electrons. The van der Waals surface area contributed by atoms with E-state index in [1.54, 1.807) is 24.3 Å². The van der Waals surface area contributed by atoms with Crippen LogP contribution in [0.15, 0.2) is 24.3 Å². The maximum absolute atomic E-state index is 12.2. The van der Waals surface area contributed by atoms with E-state index in [4.69, 9.17) is 16.7 Å². The molecule has 2 amide bonds. The highest BCUT2D eigenvalue weighted by atomic mass is 35.5. The van der Waals surface area contributed by atoms with Gasteiger partial charge >= 0.3 is 5.97 Å². The minimum Gasteiger partial charge on any atom is -0.480 e. The SMILES string of the molecule is CC(NC(=O)CC(CNC(=O)C1CCCN1)c1ccc(Cl)cc1)C(=O)O. The number of hydrogen-bond donors (Lipinski definition) is 4. The van der Waals surface area contributed by atoms with Crippen LogP contribution in [0.5, 0.6) is 0 Å². The van der Waals surface area contributed by atoms with Crippen LogP contribution in [0.2, 0.25) is 5.02 Å². The zero-order valence-corrected chi connectivity index (χ0v) is 15.4. The van der Waals surface area contributed by atoms with Crippen molar-refractivity contribution < 1.29 is 19.5 Å². The van der Waals surface area contributed by atoms with Gasteiger partial charge in [-0.15, -0.1) is 0 Å². The third-order valence-electron chi connectivity index (χ3n) is 4.42. The van der Waals surface area contributed by atoms with E-state index in [9.17, 15) is 14.4 Å². The van der Waals surface area contributed by atoms with Crippen LogP contribution in [0.25, 0.3) is 0 Å². The lowest BCUT2D eigenvalue weighted by molar-refractivity contribution is -0.141. The molecule has 0 bridgehead atoms. The van der Waals surface area contributed by atoms with Crippen LogP contribution >= 0.6 is 11.6 Å². The normalized spacial score (nSPS) is 18.8. The van der Waals surface area contributed by atoms with Crippen LogP contribution in [0, 0.1) is 0 Å². The smallest absolute Gasteiger partial charge is 0.325 e. The third-order valence-corrected chi connectivity index (χ3v) is 4.67. The molecule has 3 atom stereocenters. The number of halogens is 1. The van der Waals surface area contributed by atoms with E-state index < -0.39 is 12.0 Å². The number of amides is 2. The highest BCUT2D eigenvalue weighted by molar-refractivity contribution is 6.30. The summed E-state index contributed by atoms with van der Waals surface area (Å²) in [5, 5.41) is 18.0. The molecule has 4 N–H and O–H groups in total. The second kappa shape index (κ2) is 9.54. The van der Waals surface area contributed by atoms with Crippen LogP contribution in [0.3, 0.4) is 0 Å². The lowest BCUT2D eigenvalue weighted by Gasteiger charge is -2.20. The Morgan fingerprint density at radius 2 is 2.00 bits per heavy atom. The summed E-state index contributed by atoms with van der Waals surface area (Å²) in [6.45, 7) is 2.52. The van der Waals surface area contributed by atoms with E-state index in [1.807, 2.05) is 0 Å². The number of nitrogens with one attached hydrogen (secondary N) is 3. The second-order valence-corrected chi connectivity index (χ2v) is 6.91. The molecule has 1 aromatic carbocycles. The van der Waals surface area contributed by atoms with Gasteiger partial charge in [0.1, 0.15) is 6.04 Å². The summed E-state index contributed by atoms with van der Waals surface area (Å²) in [4.78, 5) is 35.3. The van der Waals surface area contributed by atoms with Crippen molar-refractivity contribution in [3.8, 4) is 0 Å². The van der Waals surface area contributed by atoms with Gasteiger partial charge in [0.15, 0.2) is 0 Å². The lowest BCUT2D eigenvalue weighted by atomic mass is 9.95. The molecule has 1 heterocycles. The fraction of sp³-hybridized carbons (Fsp3) is 0.500. The Morgan fingerprint density at radius 3 is 2.58 bits per heavy atom. The lowest BCUT2D eigenvalue weighted by Crippen LogP contribution is -2.43. The molecule has 2 rings (SSSR count). The Hall–Kier alpha value is -2.12. The van der Waals surface area contributed by atoms with Gasteiger partial charge < -0.3 is 21.1 Å². The summed E-state index contributed by atoms with van der Waals surface area (Å²) in [5.41, 5.74) is 0.854. The summed E-state index contributed by atoms with van der Waals surface area (Å²) in [6.07, 6.45) is 1.83. The van der Waals surface area contributed by atoms with Crippen molar-refractivity contribution in [1.82, 2.24) is 16.0 Å². The largest absolute Gasteiger partial charge is 0.480 e. The maximum Gasteiger partial charge on any atom is 0.325 e. The summed E-state index contributed by atoms with van der Waals surface area (Å²) in [7, 11) is 0. The number of carbonyl (C=O) groups excluding carboxylic acids is 2. The monoisotopic (exact) mass is 381 g/mol. The molecular weight excluding hydrogens is 358 g/mol. The summed E-state index contributed by atoms with van der Waals surface area (Å²) in [6, 6.07) is 5.90. The third kappa shape index (κ3) is 6.00. The number of carboxylic acids is 1. The van der Waals surface area contributed by atoms with E-state index in [1.165, 1.54) is 6.92 Å². The predicted octanol–water partition coefficient (Wildman–Crippen LogP) is 1.27. The molecule has 1 saturated heterocycles. The first-order valence-corrected chi connectivity index (χ1v) is 9.03. The van der Waals surface area contributed by atoms with E-state index in [2.05, 4.69) is 16.0 Å². The topological polar surface area (TPSA) is 108 Å². The number of benzene rings is 1. The molecule has 1 aliphatic rings. The van der Waals surface area contributed by atoms with Gasteiger partial charge in [0.05, 0.1) is 6.04 Å². The van der Waals surface area contributed by atoms with Crippen LogP contribution in [-0.2, 0) is 14.4 Å². The molecule has 1 aromatic rings. The second-order valence-electron chi connectivity index (χ2n) is 6.47. The molecule has 0 radical (unpaired) electrons. The molecule has 7 nitrogen and oxygen atoms in total. The minimum atomic E-state index is -1.10. The molecule has 3 unspecified atom stereocenters. The van der Waals surface area contributed by atoms with Crippen LogP contribution < -0.4 is 16.0 Å². The Kier molecular flexibility index (Phi) is 7.41. The average Bonchev–Trinajstić information content (AvgIpc) is 3.13. The van der Waals surface area contributed by atoms with Gasteiger partial charge in [-0.3, -0.25) is 14.4 Å². The summed E-state index contributed by atoms with van der Waals surface area (Å²) < 4.78 is 0. The molecule has 0 spiro atoms. The van der Waals surface area contributed by atoms with Gasteiger partial charge in [-0.05, 0) is 44.0 Å². The molecule has 0 saturated carbocycles. The molecule has 0 aliphatic carbocycles. The zero-order valence-electron chi connectivity index (χ0n) is 14.6. The van der Waals surface area contributed by atoms with E-state index in [0.29, 0.717) is 5.02 Å². The predicted molar refractivity (Wildman–Crippen MR) is 98.1 cm³/mol. The fourth-order valence-electron chi connectivity index (χ4n) is 2.88. The number of rotatable bonds is 8. The highest BCUT2D eigenvalue weighted by Gasteiger charge is 2.24. The molecule has 1 fully saturated rings. The highest BCUT2D eigenvalue weighted by Crippen LogP contribution is 2.21. The van der Waals surface area contributed by atoms with E-state index in [0.717, 1.165) is 24.9 Å². The quantitative estimate of drug-likeness (QED) is 0.542. The molecule has 1 aliphatic heterocycles. The van der Waals surface area contributed by atoms with Crippen LogP contribution in [0.1, 0.15) is 37.7 Å². The maximum atomic E-state index is 12.2. The molecule has 26 heavy (non-hydrogen) atoms. The fourth-order valence-corrected chi connectivity index (χ4v) is 3.01. The van der Waals surface area contributed by atoms with Gasteiger partial charge in [-0.2, -0.15) is 0 Å². The van der Waals surface area contributed by atoms with Crippen molar-refractivity contribution in [2.75, 3.05) is 13.1 Å². The Balaban J connectivity index is 2.01. The standard InChI is InChI=1S/C18H24ClN3O4/c1-11(18(25)26)22-16(23)9-13(12-4-6-14(19)7-5-12)10-21-17(24)15-3-2-8-20-15/h4-7,11,13,15,20H,2-3,8-10H2,1H3,(H,21,24)(H,22,23)(H,25,26). The Bertz CT molecular complexity index is 644. The number of carbonyl (C=O) groups is 3. The van der Waals surface area contributed by atoms with Gasteiger partial charge in [-0.25, -0.2) is 0 Å². The Morgan fingerprint density at radius 1 is 1.31 bits per heavy atom. The van der Waals surface area contributed by atoms with Crippen molar-refractivity contribution in [2.45, 2.75) is 44.2 Å². The molecular formula is C18H24ClN3O4. The van der Waals surface area contributed by atoms with E-state index in [-0.39, 0.29) is 36.7 Å². The van der Waals surface area contributed by atoms with Gasteiger partial charge in [0.2, 0.25) is 11.8 Å². The zero-order chi connectivity index (χ0) is 19.1. The summed E-state index contributed by atoms with van der Waals surface area (Å²) in [5.74, 6) is -1.84. The first-order chi connectivity index (χ1) is 12.4. The number of hydrogen-bond acceptors (Lipinski definition) is 4. The van der Waals surface area contributed by atoms with Gasteiger partial charge in [0, 0.05) is 23.9 Å². The van der Waals surface area contributed by atoms with E-state index >= 15 is 0 Å². The number of aliphatic carboxylic acids is 1. The van der Waals surface area contributed by atoms with Crippen molar-refractivity contribution in [1.29, 1.82) is 0 Å². The van der Waals surface area contributed by atoms with Crippen molar-refractivity contribution >= 4 is 29.4 Å².